The zero-order valence-electron chi connectivity index (χ0n) is 18.2. The Balaban J connectivity index is 1.58. The number of hydrogen-bond donors (Lipinski definition) is 1. The number of benzene rings is 2. The van der Waals surface area contributed by atoms with Crippen LogP contribution in [0, 0.1) is 12.7 Å². The van der Waals surface area contributed by atoms with Crippen molar-refractivity contribution in [3.05, 3.63) is 58.9 Å². The number of Topliss-reactive ketones (excluding diaryl/α,β-unsaturated/α-hetero) is 1. The lowest BCUT2D eigenvalue weighted by Gasteiger charge is -2.36. The van der Waals surface area contributed by atoms with Crippen LogP contribution in [0.3, 0.4) is 0 Å². The number of nitrogens with one attached hydrogen (secondary N) is 1. The van der Waals surface area contributed by atoms with E-state index in [0.29, 0.717) is 49.9 Å². The maximum atomic E-state index is 14.4. The van der Waals surface area contributed by atoms with Crippen molar-refractivity contribution in [1.29, 1.82) is 0 Å². The number of halogens is 1. The second-order valence-corrected chi connectivity index (χ2v) is 8.23. The van der Waals surface area contributed by atoms with E-state index in [1.165, 1.54) is 13.0 Å². The molecule has 0 spiro atoms. The van der Waals surface area contributed by atoms with Gasteiger partial charge in [-0.2, -0.15) is 0 Å². The van der Waals surface area contributed by atoms with E-state index in [1.807, 2.05) is 24.0 Å². The topological polar surface area (TPSA) is 52.7 Å². The summed E-state index contributed by atoms with van der Waals surface area (Å²) in [5, 5.41) is 3.09. The number of nitrogens with zero attached hydrogens (tertiary/aromatic N) is 2. The van der Waals surface area contributed by atoms with Crippen LogP contribution in [-0.4, -0.2) is 49.3 Å². The smallest absolute Gasteiger partial charge is 0.238 e. The second kappa shape index (κ2) is 9.39. The van der Waals surface area contributed by atoms with Gasteiger partial charge >= 0.3 is 0 Å². The molecule has 1 heterocycles. The molecule has 1 amide bonds. The summed E-state index contributed by atoms with van der Waals surface area (Å²) in [5.41, 5.74) is 3.99. The van der Waals surface area contributed by atoms with E-state index in [9.17, 15) is 14.0 Å². The van der Waals surface area contributed by atoms with Crippen LogP contribution in [0.4, 0.5) is 15.8 Å². The first-order chi connectivity index (χ1) is 14.3. The van der Waals surface area contributed by atoms with Gasteiger partial charge in [0.1, 0.15) is 5.82 Å². The highest BCUT2D eigenvalue weighted by atomic mass is 19.1. The van der Waals surface area contributed by atoms with Crippen LogP contribution in [0.2, 0.25) is 0 Å². The molecule has 1 aliphatic rings. The molecule has 1 fully saturated rings. The maximum absolute atomic E-state index is 14.4. The average molecular weight is 412 g/mol. The van der Waals surface area contributed by atoms with Gasteiger partial charge in [0.15, 0.2) is 5.78 Å². The van der Waals surface area contributed by atoms with Crippen LogP contribution >= 0.6 is 0 Å². The lowest BCUT2D eigenvalue weighted by Crippen LogP contribution is -2.49. The van der Waals surface area contributed by atoms with Crippen molar-refractivity contribution in [2.45, 2.75) is 33.6 Å². The minimum absolute atomic E-state index is 0.0309. The summed E-state index contributed by atoms with van der Waals surface area (Å²) in [4.78, 5) is 28.1. The van der Waals surface area contributed by atoms with Gasteiger partial charge in [0.2, 0.25) is 5.91 Å². The Bertz CT molecular complexity index is 934. The molecule has 1 N–H and O–H groups in total. The van der Waals surface area contributed by atoms with Gasteiger partial charge in [0.05, 0.1) is 12.2 Å². The summed E-state index contributed by atoms with van der Waals surface area (Å²) in [7, 11) is 0. The molecule has 3 rings (SSSR count). The number of carbonyl (C=O) groups excluding carboxylic acids is 2. The van der Waals surface area contributed by atoms with Gasteiger partial charge in [-0.25, -0.2) is 4.39 Å². The van der Waals surface area contributed by atoms with E-state index in [1.54, 1.807) is 12.1 Å². The summed E-state index contributed by atoms with van der Waals surface area (Å²) in [6, 6.07) is 10.7. The number of anilines is 2. The minimum Gasteiger partial charge on any atom is -0.367 e. The zero-order chi connectivity index (χ0) is 21.8. The number of hydrogen-bond acceptors (Lipinski definition) is 4. The number of ketones is 1. The first-order valence-corrected chi connectivity index (χ1v) is 10.4. The van der Waals surface area contributed by atoms with Gasteiger partial charge in [-0.1, -0.05) is 32.0 Å². The van der Waals surface area contributed by atoms with Crippen molar-refractivity contribution in [2.75, 3.05) is 42.9 Å². The molecule has 0 saturated carbocycles. The Morgan fingerprint density at radius 1 is 1.10 bits per heavy atom. The molecule has 2 aromatic rings. The fraction of sp³-hybridized carbons (Fsp3) is 0.417. The standard InChI is InChI=1S/C24H30FN3O2/c1-16(2)20-7-5-6-17(3)24(20)26-23(30)15-27-10-12-28(13-11-27)22-9-8-19(18(4)29)14-21(22)25/h5-9,14,16H,10-13,15H2,1-4H3,(H,26,30). The first-order valence-electron chi connectivity index (χ1n) is 10.4. The predicted octanol–water partition coefficient (Wildman–Crippen LogP) is 4.22. The molecule has 5 nitrogen and oxygen atoms in total. The quantitative estimate of drug-likeness (QED) is 0.723. The number of piperazine rings is 1. The largest absolute Gasteiger partial charge is 0.367 e. The van der Waals surface area contributed by atoms with E-state index in [0.717, 1.165) is 16.8 Å². The van der Waals surface area contributed by atoms with Crippen molar-refractivity contribution in [3.8, 4) is 0 Å². The first kappa shape index (κ1) is 22.0. The molecule has 160 valence electrons. The molecule has 0 radical (unpaired) electrons. The van der Waals surface area contributed by atoms with Crippen LogP contribution < -0.4 is 10.2 Å². The van der Waals surface area contributed by atoms with E-state index in [-0.39, 0.29) is 17.5 Å². The van der Waals surface area contributed by atoms with E-state index >= 15 is 0 Å². The second-order valence-electron chi connectivity index (χ2n) is 8.23. The molecule has 0 atom stereocenters. The molecule has 1 saturated heterocycles. The Labute approximate surface area is 177 Å². The highest BCUT2D eigenvalue weighted by Gasteiger charge is 2.22. The maximum Gasteiger partial charge on any atom is 0.238 e. The lowest BCUT2D eigenvalue weighted by molar-refractivity contribution is -0.117. The Hall–Kier alpha value is -2.73. The number of carbonyl (C=O) groups is 2. The molecule has 1 aliphatic heterocycles. The van der Waals surface area contributed by atoms with Gasteiger partial charge in [0, 0.05) is 37.4 Å². The molecule has 0 unspecified atom stereocenters. The third-order valence-corrected chi connectivity index (χ3v) is 5.63. The van der Waals surface area contributed by atoms with Crippen LogP contribution in [-0.2, 0) is 4.79 Å². The summed E-state index contributed by atoms with van der Waals surface area (Å²) >= 11 is 0. The minimum atomic E-state index is -0.380. The summed E-state index contributed by atoms with van der Waals surface area (Å²) in [6.07, 6.45) is 0. The van der Waals surface area contributed by atoms with Gasteiger partial charge in [0.25, 0.3) is 0 Å². The third kappa shape index (κ3) is 5.05. The van der Waals surface area contributed by atoms with Crippen LogP contribution in [0.1, 0.15) is 48.2 Å². The van der Waals surface area contributed by atoms with Gasteiger partial charge < -0.3 is 10.2 Å². The SMILES string of the molecule is CC(=O)c1ccc(N2CCN(CC(=O)Nc3c(C)cccc3C(C)C)CC2)c(F)c1. The molecule has 0 aliphatic carbocycles. The Kier molecular flexibility index (Phi) is 6.87. The highest BCUT2D eigenvalue weighted by Crippen LogP contribution is 2.27. The van der Waals surface area contributed by atoms with Crippen molar-refractivity contribution < 1.29 is 14.0 Å². The summed E-state index contributed by atoms with van der Waals surface area (Å²) in [5.74, 6) is -0.232. The number of amides is 1. The molecular formula is C24H30FN3O2. The molecule has 6 heteroatoms. The van der Waals surface area contributed by atoms with Crippen molar-refractivity contribution in [1.82, 2.24) is 4.90 Å². The number of para-hydroxylation sites is 1. The molecule has 30 heavy (non-hydrogen) atoms. The van der Waals surface area contributed by atoms with Crippen LogP contribution in [0.5, 0.6) is 0 Å². The highest BCUT2D eigenvalue weighted by molar-refractivity contribution is 5.94. The van der Waals surface area contributed by atoms with Crippen molar-refractivity contribution in [3.63, 3.8) is 0 Å². The normalized spacial score (nSPS) is 14.8. The average Bonchev–Trinajstić information content (AvgIpc) is 2.70. The van der Waals surface area contributed by atoms with E-state index in [2.05, 4.69) is 30.1 Å². The molecule has 0 bridgehead atoms. The van der Waals surface area contributed by atoms with E-state index in [4.69, 9.17) is 0 Å². The number of rotatable bonds is 6. The summed E-state index contributed by atoms with van der Waals surface area (Å²) in [6.45, 7) is 10.6. The summed E-state index contributed by atoms with van der Waals surface area (Å²) < 4.78 is 14.4. The van der Waals surface area contributed by atoms with Crippen LogP contribution in [0.15, 0.2) is 36.4 Å². The van der Waals surface area contributed by atoms with Gasteiger partial charge in [-0.15, -0.1) is 0 Å². The fourth-order valence-corrected chi connectivity index (χ4v) is 3.85. The van der Waals surface area contributed by atoms with Gasteiger partial charge in [-0.05, 0) is 49.1 Å². The Morgan fingerprint density at radius 2 is 1.80 bits per heavy atom. The Morgan fingerprint density at radius 3 is 2.40 bits per heavy atom. The van der Waals surface area contributed by atoms with Crippen molar-refractivity contribution >= 4 is 23.1 Å². The molecule has 0 aromatic heterocycles. The van der Waals surface area contributed by atoms with Gasteiger partial charge in [-0.3, -0.25) is 14.5 Å². The monoisotopic (exact) mass is 411 g/mol. The predicted molar refractivity (Wildman–Crippen MR) is 119 cm³/mol. The molecule has 2 aromatic carbocycles. The third-order valence-electron chi connectivity index (χ3n) is 5.63. The van der Waals surface area contributed by atoms with Crippen molar-refractivity contribution in [2.24, 2.45) is 0 Å². The van der Waals surface area contributed by atoms with E-state index < -0.39 is 0 Å². The fourth-order valence-electron chi connectivity index (χ4n) is 3.85. The number of aryl methyl sites for hydroxylation is 1. The van der Waals surface area contributed by atoms with Crippen LogP contribution in [0.25, 0.3) is 0 Å². The lowest BCUT2D eigenvalue weighted by atomic mass is 9.98. The molecular weight excluding hydrogens is 381 g/mol. The zero-order valence-corrected chi connectivity index (χ0v) is 18.2.